The van der Waals surface area contributed by atoms with Crippen molar-refractivity contribution in [2.75, 3.05) is 6.54 Å². The Hall–Kier alpha value is -2.04. The molecule has 0 atom stereocenters. The zero-order chi connectivity index (χ0) is 15.2. The highest BCUT2D eigenvalue weighted by Crippen LogP contribution is 2.27. The molecule has 0 aliphatic heterocycles. The molecule has 2 N–H and O–H groups in total. The van der Waals surface area contributed by atoms with E-state index in [9.17, 15) is 9.59 Å². The van der Waals surface area contributed by atoms with Crippen molar-refractivity contribution < 1.29 is 14.7 Å². The second-order valence-electron chi connectivity index (χ2n) is 5.40. The summed E-state index contributed by atoms with van der Waals surface area (Å²) in [5, 5.41) is 11.6. The summed E-state index contributed by atoms with van der Waals surface area (Å²) in [6.07, 6.45) is 2.93. The SMILES string of the molecule is CCc1ccc(CNC(=O)N(CCC(=O)O)C2CC2)cc1. The van der Waals surface area contributed by atoms with E-state index in [1.165, 1.54) is 5.56 Å². The lowest BCUT2D eigenvalue weighted by atomic mass is 10.1. The first-order valence-electron chi connectivity index (χ1n) is 7.44. The molecule has 2 amide bonds. The predicted octanol–water partition coefficient (Wildman–Crippen LogP) is 2.40. The Morgan fingerprint density at radius 2 is 1.86 bits per heavy atom. The van der Waals surface area contributed by atoms with Crippen LogP contribution in [0.4, 0.5) is 4.79 Å². The average molecular weight is 290 g/mol. The number of nitrogens with one attached hydrogen (secondary N) is 1. The standard InChI is InChI=1S/C16H22N2O3/c1-2-12-3-5-13(6-4-12)11-17-16(21)18(14-7-8-14)10-9-15(19)20/h3-6,14H,2,7-11H2,1H3,(H,17,21)(H,19,20). The summed E-state index contributed by atoms with van der Waals surface area (Å²) in [5.74, 6) is -0.872. The molecule has 1 aromatic rings. The van der Waals surface area contributed by atoms with E-state index < -0.39 is 5.97 Å². The number of hydrogen-bond donors (Lipinski definition) is 2. The fourth-order valence-electron chi connectivity index (χ4n) is 2.22. The molecule has 114 valence electrons. The number of urea groups is 1. The highest BCUT2D eigenvalue weighted by molar-refractivity contribution is 5.76. The van der Waals surface area contributed by atoms with Crippen molar-refractivity contribution >= 4 is 12.0 Å². The van der Waals surface area contributed by atoms with Crippen molar-refractivity contribution in [1.82, 2.24) is 10.2 Å². The van der Waals surface area contributed by atoms with E-state index >= 15 is 0 Å². The summed E-state index contributed by atoms with van der Waals surface area (Å²) < 4.78 is 0. The number of nitrogens with zero attached hydrogens (tertiary/aromatic N) is 1. The summed E-state index contributed by atoms with van der Waals surface area (Å²) in [6, 6.07) is 8.19. The summed E-state index contributed by atoms with van der Waals surface area (Å²) in [7, 11) is 0. The van der Waals surface area contributed by atoms with Crippen LogP contribution in [0, 0.1) is 0 Å². The number of aliphatic carboxylic acids is 1. The number of carbonyl (C=O) groups excluding carboxylic acids is 1. The van der Waals surface area contributed by atoms with Crippen LogP contribution < -0.4 is 5.32 Å². The number of aryl methyl sites for hydroxylation is 1. The molecule has 0 bridgehead atoms. The Bertz CT molecular complexity index is 495. The van der Waals surface area contributed by atoms with Gasteiger partial charge in [0.25, 0.3) is 0 Å². The quantitative estimate of drug-likeness (QED) is 0.810. The molecule has 0 unspecified atom stereocenters. The van der Waals surface area contributed by atoms with Crippen molar-refractivity contribution in [1.29, 1.82) is 0 Å². The van der Waals surface area contributed by atoms with Gasteiger partial charge in [-0.05, 0) is 30.4 Å². The first kappa shape index (κ1) is 15.4. The smallest absolute Gasteiger partial charge is 0.317 e. The molecule has 5 heteroatoms. The van der Waals surface area contributed by atoms with Gasteiger partial charge in [0.1, 0.15) is 0 Å². The largest absolute Gasteiger partial charge is 0.481 e. The van der Waals surface area contributed by atoms with Gasteiger partial charge in [-0.1, -0.05) is 31.2 Å². The van der Waals surface area contributed by atoms with Crippen molar-refractivity contribution in [2.45, 2.75) is 45.2 Å². The topological polar surface area (TPSA) is 69.6 Å². The maximum Gasteiger partial charge on any atom is 0.317 e. The van der Waals surface area contributed by atoms with Crippen molar-refractivity contribution in [3.8, 4) is 0 Å². The molecule has 0 radical (unpaired) electrons. The van der Waals surface area contributed by atoms with Gasteiger partial charge in [0, 0.05) is 19.1 Å². The highest BCUT2D eigenvalue weighted by atomic mass is 16.4. The van der Waals surface area contributed by atoms with Gasteiger partial charge in [0.2, 0.25) is 0 Å². The Morgan fingerprint density at radius 3 is 2.38 bits per heavy atom. The maximum atomic E-state index is 12.2. The average Bonchev–Trinajstić information content (AvgIpc) is 3.30. The van der Waals surface area contributed by atoms with Crippen LogP contribution in [-0.4, -0.2) is 34.6 Å². The summed E-state index contributed by atoms with van der Waals surface area (Å²) in [4.78, 5) is 24.5. The van der Waals surface area contributed by atoms with Crippen LogP contribution >= 0.6 is 0 Å². The van der Waals surface area contributed by atoms with E-state index in [1.807, 2.05) is 12.1 Å². The van der Waals surface area contributed by atoms with E-state index in [0.717, 1.165) is 24.8 Å². The van der Waals surface area contributed by atoms with Crippen molar-refractivity contribution in [3.05, 3.63) is 35.4 Å². The molecule has 1 aliphatic carbocycles. The van der Waals surface area contributed by atoms with Crippen molar-refractivity contribution in [2.24, 2.45) is 0 Å². The minimum atomic E-state index is -0.872. The van der Waals surface area contributed by atoms with Crippen LogP contribution in [0.1, 0.15) is 37.3 Å². The molecular weight excluding hydrogens is 268 g/mol. The van der Waals surface area contributed by atoms with Crippen LogP contribution in [-0.2, 0) is 17.8 Å². The second-order valence-corrected chi connectivity index (χ2v) is 5.40. The lowest BCUT2D eigenvalue weighted by molar-refractivity contribution is -0.137. The molecule has 1 aromatic carbocycles. The van der Waals surface area contributed by atoms with Gasteiger partial charge >= 0.3 is 12.0 Å². The van der Waals surface area contributed by atoms with Crippen LogP contribution in [0.2, 0.25) is 0 Å². The first-order chi connectivity index (χ1) is 10.1. The third-order valence-corrected chi connectivity index (χ3v) is 3.69. The molecule has 1 aliphatic rings. The number of rotatable bonds is 7. The molecule has 0 heterocycles. The fourth-order valence-corrected chi connectivity index (χ4v) is 2.22. The minimum absolute atomic E-state index is 0.00484. The predicted molar refractivity (Wildman–Crippen MR) is 80.0 cm³/mol. The number of hydrogen-bond acceptors (Lipinski definition) is 2. The molecule has 0 saturated heterocycles. The van der Waals surface area contributed by atoms with Crippen LogP contribution in [0.3, 0.4) is 0 Å². The summed E-state index contributed by atoms with van der Waals surface area (Å²) in [6.45, 7) is 2.85. The van der Waals surface area contributed by atoms with E-state index in [-0.39, 0.29) is 25.0 Å². The van der Waals surface area contributed by atoms with Gasteiger partial charge < -0.3 is 15.3 Å². The molecule has 0 spiro atoms. The number of carboxylic acid groups (broad SMARTS) is 1. The number of carboxylic acids is 1. The van der Waals surface area contributed by atoms with E-state index in [4.69, 9.17) is 5.11 Å². The lowest BCUT2D eigenvalue weighted by Gasteiger charge is -2.22. The van der Waals surface area contributed by atoms with Gasteiger partial charge in [-0.3, -0.25) is 4.79 Å². The third kappa shape index (κ3) is 4.77. The molecule has 2 rings (SSSR count). The summed E-state index contributed by atoms with van der Waals surface area (Å²) >= 11 is 0. The van der Waals surface area contributed by atoms with Crippen LogP contribution in [0.15, 0.2) is 24.3 Å². The minimum Gasteiger partial charge on any atom is -0.481 e. The fraction of sp³-hybridized carbons (Fsp3) is 0.500. The summed E-state index contributed by atoms with van der Waals surface area (Å²) in [5.41, 5.74) is 2.32. The zero-order valence-corrected chi connectivity index (χ0v) is 12.3. The van der Waals surface area contributed by atoms with E-state index in [0.29, 0.717) is 6.54 Å². The second kappa shape index (κ2) is 7.11. The van der Waals surface area contributed by atoms with Gasteiger partial charge in [0.05, 0.1) is 6.42 Å². The third-order valence-electron chi connectivity index (χ3n) is 3.69. The van der Waals surface area contributed by atoms with Crippen LogP contribution in [0.25, 0.3) is 0 Å². The lowest BCUT2D eigenvalue weighted by Crippen LogP contribution is -2.42. The molecule has 1 saturated carbocycles. The van der Waals surface area contributed by atoms with Crippen LogP contribution in [0.5, 0.6) is 0 Å². The Balaban J connectivity index is 1.84. The van der Waals surface area contributed by atoms with Gasteiger partial charge in [0.15, 0.2) is 0 Å². The normalized spacial score (nSPS) is 13.8. The van der Waals surface area contributed by atoms with E-state index in [1.54, 1.807) is 4.90 Å². The van der Waals surface area contributed by atoms with E-state index in [2.05, 4.69) is 24.4 Å². The molecule has 5 nitrogen and oxygen atoms in total. The Kier molecular flexibility index (Phi) is 5.20. The maximum absolute atomic E-state index is 12.2. The zero-order valence-electron chi connectivity index (χ0n) is 12.3. The van der Waals surface area contributed by atoms with Crippen molar-refractivity contribution in [3.63, 3.8) is 0 Å². The molecule has 21 heavy (non-hydrogen) atoms. The number of benzene rings is 1. The number of amides is 2. The van der Waals surface area contributed by atoms with Gasteiger partial charge in [-0.15, -0.1) is 0 Å². The molecular formula is C16H22N2O3. The molecule has 0 aromatic heterocycles. The first-order valence-corrected chi connectivity index (χ1v) is 7.44. The monoisotopic (exact) mass is 290 g/mol. The van der Waals surface area contributed by atoms with Gasteiger partial charge in [-0.2, -0.15) is 0 Å². The highest BCUT2D eigenvalue weighted by Gasteiger charge is 2.32. The molecule has 1 fully saturated rings. The Morgan fingerprint density at radius 1 is 1.24 bits per heavy atom. The Labute approximate surface area is 125 Å². The number of carbonyl (C=O) groups is 2. The van der Waals surface area contributed by atoms with Gasteiger partial charge in [-0.25, -0.2) is 4.79 Å².